The zero-order chi connectivity index (χ0) is 17.3. The van der Waals surface area contributed by atoms with E-state index in [0.29, 0.717) is 24.7 Å². The van der Waals surface area contributed by atoms with Crippen molar-refractivity contribution in [2.24, 2.45) is 18.7 Å². The van der Waals surface area contributed by atoms with Crippen LogP contribution in [0.1, 0.15) is 18.5 Å². The van der Waals surface area contributed by atoms with Gasteiger partial charge in [-0.25, -0.2) is 4.79 Å². The van der Waals surface area contributed by atoms with Crippen molar-refractivity contribution in [1.29, 1.82) is 0 Å². The van der Waals surface area contributed by atoms with Gasteiger partial charge in [-0.05, 0) is 25.0 Å². The molecule has 1 aliphatic rings. The van der Waals surface area contributed by atoms with Crippen molar-refractivity contribution in [2.75, 3.05) is 13.1 Å². The van der Waals surface area contributed by atoms with Gasteiger partial charge in [0, 0.05) is 25.5 Å². The summed E-state index contributed by atoms with van der Waals surface area (Å²) in [6, 6.07) is 5.14. The number of aromatic nitrogens is 2. The van der Waals surface area contributed by atoms with Gasteiger partial charge < -0.3 is 16.0 Å². The van der Waals surface area contributed by atoms with Crippen molar-refractivity contribution in [2.45, 2.75) is 19.4 Å². The summed E-state index contributed by atoms with van der Waals surface area (Å²) in [6.07, 6.45) is 1.53. The molecule has 1 atom stereocenters. The molecule has 2 aromatic rings. The number of primary amides is 1. The van der Waals surface area contributed by atoms with Crippen molar-refractivity contribution in [3.05, 3.63) is 28.9 Å². The van der Waals surface area contributed by atoms with Gasteiger partial charge in [-0.2, -0.15) is 5.10 Å². The van der Waals surface area contributed by atoms with Crippen LogP contribution in [0.15, 0.2) is 18.2 Å². The first-order valence-corrected chi connectivity index (χ1v) is 8.27. The smallest absolute Gasteiger partial charge is 0.314 e. The number of hydrogen-bond donors (Lipinski definition) is 2. The third-order valence-electron chi connectivity index (χ3n) is 4.43. The lowest BCUT2D eigenvalue weighted by Crippen LogP contribution is -2.47. The molecule has 24 heavy (non-hydrogen) atoms. The Morgan fingerprint density at radius 1 is 1.46 bits per heavy atom. The van der Waals surface area contributed by atoms with Crippen molar-refractivity contribution in [1.82, 2.24) is 20.0 Å². The van der Waals surface area contributed by atoms with Crippen LogP contribution in [0.4, 0.5) is 4.79 Å². The third-order valence-corrected chi connectivity index (χ3v) is 4.75. The highest BCUT2D eigenvalue weighted by Crippen LogP contribution is 2.26. The van der Waals surface area contributed by atoms with Crippen LogP contribution in [0.2, 0.25) is 5.02 Å². The van der Waals surface area contributed by atoms with Gasteiger partial charge in [-0.3, -0.25) is 9.48 Å². The highest BCUT2D eigenvalue weighted by molar-refractivity contribution is 6.35. The summed E-state index contributed by atoms with van der Waals surface area (Å²) in [4.78, 5) is 25.2. The van der Waals surface area contributed by atoms with Gasteiger partial charge in [0.2, 0.25) is 5.91 Å². The van der Waals surface area contributed by atoms with E-state index in [1.54, 1.807) is 4.68 Å². The molecule has 0 spiro atoms. The number of nitrogens with one attached hydrogen (secondary N) is 1. The summed E-state index contributed by atoms with van der Waals surface area (Å²) in [5.41, 5.74) is 6.96. The number of amides is 3. The van der Waals surface area contributed by atoms with E-state index in [0.717, 1.165) is 29.4 Å². The maximum atomic E-state index is 12.4. The van der Waals surface area contributed by atoms with Crippen molar-refractivity contribution >= 4 is 34.4 Å². The molecule has 128 valence electrons. The van der Waals surface area contributed by atoms with Crippen LogP contribution >= 0.6 is 11.6 Å². The van der Waals surface area contributed by atoms with Gasteiger partial charge >= 0.3 is 6.03 Å². The maximum absolute atomic E-state index is 12.4. The maximum Gasteiger partial charge on any atom is 0.314 e. The van der Waals surface area contributed by atoms with Crippen LogP contribution in [0.5, 0.6) is 0 Å². The van der Waals surface area contributed by atoms with E-state index < -0.39 is 6.03 Å². The lowest BCUT2D eigenvalue weighted by atomic mass is 9.97. The minimum absolute atomic E-state index is 0.0909. The Morgan fingerprint density at radius 3 is 3.00 bits per heavy atom. The number of aryl methyl sites for hydroxylation is 1. The van der Waals surface area contributed by atoms with Crippen LogP contribution in [-0.4, -0.2) is 39.7 Å². The molecule has 0 aliphatic carbocycles. The average Bonchev–Trinajstić information content (AvgIpc) is 2.90. The van der Waals surface area contributed by atoms with Crippen LogP contribution in [0.3, 0.4) is 0 Å². The second-order valence-electron chi connectivity index (χ2n) is 6.05. The molecule has 7 nitrogen and oxygen atoms in total. The molecule has 3 N–H and O–H groups in total. The number of fused-ring (bicyclic) bond motifs is 1. The number of urea groups is 1. The van der Waals surface area contributed by atoms with Crippen molar-refractivity contribution < 1.29 is 9.59 Å². The number of piperidine rings is 1. The van der Waals surface area contributed by atoms with Gasteiger partial charge in [0.1, 0.15) is 0 Å². The van der Waals surface area contributed by atoms with E-state index in [1.165, 1.54) is 4.90 Å². The number of carbonyl (C=O) groups excluding carboxylic acids is 2. The summed E-state index contributed by atoms with van der Waals surface area (Å²) in [6.45, 7) is 1.28. The van der Waals surface area contributed by atoms with Crippen LogP contribution in [-0.2, 0) is 18.4 Å². The minimum atomic E-state index is -0.477. The van der Waals surface area contributed by atoms with Crippen molar-refractivity contribution in [3.63, 3.8) is 0 Å². The fourth-order valence-electron chi connectivity index (χ4n) is 3.18. The fraction of sp³-hybridized carbons (Fsp3) is 0.438. The Bertz CT molecular complexity index is 788. The van der Waals surface area contributed by atoms with Crippen LogP contribution in [0.25, 0.3) is 10.9 Å². The first kappa shape index (κ1) is 16.6. The van der Waals surface area contributed by atoms with E-state index in [2.05, 4.69) is 10.4 Å². The molecule has 1 saturated heterocycles. The fourth-order valence-corrected chi connectivity index (χ4v) is 3.46. The quantitative estimate of drug-likeness (QED) is 0.882. The number of rotatable bonds is 3. The topological polar surface area (TPSA) is 93.2 Å². The molecule has 3 amide bonds. The number of benzene rings is 1. The molecule has 8 heteroatoms. The first-order valence-electron chi connectivity index (χ1n) is 7.89. The Hall–Kier alpha value is -2.28. The molecule has 0 radical (unpaired) electrons. The van der Waals surface area contributed by atoms with E-state index in [9.17, 15) is 9.59 Å². The molecule has 1 aliphatic heterocycles. The normalized spacial score (nSPS) is 17.9. The molecule has 0 saturated carbocycles. The summed E-state index contributed by atoms with van der Waals surface area (Å²) in [5.74, 6) is -0.330. The average molecular weight is 350 g/mol. The van der Waals surface area contributed by atoms with Gasteiger partial charge in [-0.15, -0.1) is 0 Å². The molecule has 1 aromatic heterocycles. The van der Waals surface area contributed by atoms with Gasteiger partial charge in [-0.1, -0.05) is 17.7 Å². The Kier molecular flexibility index (Phi) is 4.62. The molecule has 0 bridgehead atoms. The van der Waals surface area contributed by atoms with E-state index in [4.69, 9.17) is 17.3 Å². The predicted molar refractivity (Wildman–Crippen MR) is 91.5 cm³/mol. The Morgan fingerprint density at radius 2 is 2.25 bits per heavy atom. The molecule has 2 heterocycles. The molecular formula is C16H20ClN5O2. The van der Waals surface area contributed by atoms with E-state index in [-0.39, 0.29) is 11.8 Å². The number of carbonyl (C=O) groups is 2. The molecule has 3 rings (SSSR count). The summed E-state index contributed by atoms with van der Waals surface area (Å²) < 4.78 is 1.75. The zero-order valence-electron chi connectivity index (χ0n) is 13.5. The summed E-state index contributed by atoms with van der Waals surface area (Å²) in [7, 11) is 1.84. The zero-order valence-corrected chi connectivity index (χ0v) is 14.2. The molecule has 1 aromatic carbocycles. The number of likely N-dealkylation sites (tertiary alicyclic amines) is 1. The SMILES string of the molecule is Cn1nc(CNC(=O)C2CCCN(C(N)=O)C2)c2c(Cl)cccc21. The van der Waals surface area contributed by atoms with Gasteiger partial charge in [0.25, 0.3) is 0 Å². The van der Waals surface area contributed by atoms with E-state index >= 15 is 0 Å². The number of halogens is 1. The highest BCUT2D eigenvalue weighted by Gasteiger charge is 2.27. The molecule has 1 fully saturated rings. The number of nitrogens with two attached hydrogens (primary N) is 1. The second-order valence-corrected chi connectivity index (χ2v) is 6.45. The summed E-state index contributed by atoms with van der Waals surface area (Å²) in [5, 5.41) is 8.82. The van der Waals surface area contributed by atoms with Gasteiger partial charge in [0.05, 0.1) is 28.7 Å². The molecule has 1 unspecified atom stereocenters. The third kappa shape index (κ3) is 3.17. The van der Waals surface area contributed by atoms with Crippen LogP contribution < -0.4 is 11.1 Å². The number of nitrogens with zero attached hydrogens (tertiary/aromatic N) is 3. The Labute approximate surface area is 144 Å². The Balaban J connectivity index is 1.70. The predicted octanol–water partition coefficient (Wildman–Crippen LogP) is 1.63. The second kappa shape index (κ2) is 6.68. The van der Waals surface area contributed by atoms with Gasteiger partial charge in [0.15, 0.2) is 0 Å². The monoisotopic (exact) mass is 349 g/mol. The lowest BCUT2D eigenvalue weighted by Gasteiger charge is -2.30. The lowest BCUT2D eigenvalue weighted by molar-refractivity contribution is -0.126. The molecular weight excluding hydrogens is 330 g/mol. The number of hydrogen-bond acceptors (Lipinski definition) is 3. The first-order chi connectivity index (χ1) is 11.5. The highest BCUT2D eigenvalue weighted by atomic mass is 35.5. The largest absolute Gasteiger partial charge is 0.351 e. The van der Waals surface area contributed by atoms with Crippen LogP contribution in [0, 0.1) is 5.92 Å². The minimum Gasteiger partial charge on any atom is -0.351 e. The van der Waals surface area contributed by atoms with Crippen molar-refractivity contribution in [3.8, 4) is 0 Å². The van der Waals surface area contributed by atoms with E-state index in [1.807, 2.05) is 25.2 Å². The summed E-state index contributed by atoms with van der Waals surface area (Å²) >= 11 is 6.27. The standard InChI is InChI=1S/C16H20ClN5O2/c1-21-13-6-2-5-11(17)14(13)12(20-21)8-19-15(23)10-4-3-7-22(9-10)16(18)24/h2,5-6,10H,3-4,7-9H2,1H3,(H2,18,24)(H,19,23).